The lowest BCUT2D eigenvalue weighted by Crippen LogP contribution is -2.42. The Hall–Kier alpha value is -2.69. The Morgan fingerprint density at radius 2 is 1.93 bits per heavy atom. The molecule has 1 aromatic heterocycles. The van der Waals surface area contributed by atoms with Gasteiger partial charge in [-0.1, -0.05) is 0 Å². The fourth-order valence-corrected chi connectivity index (χ4v) is 2.77. The van der Waals surface area contributed by atoms with Crippen LogP contribution < -0.4 is 16.0 Å². The van der Waals surface area contributed by atoms with Gasteiger partial charge in [-0.3, -0.25) is 9.79 Å². The van der Waals surface area contributed by atoms with Crippen molar-refractivity contribution in [1.29, 1.82) is 0 Å². The highest BCUT2D eigenvalue weighted by molar-refractivity contribution is 7.09. The summed E-state index contributed by atoms with van der Waals surface area (Å²) in [7, 11) is 1.50. The Labute approximate surface area is 156 Å². The predicted octanol–water partition coefficient (Wildman–Crippen LogP) is 2.65. The summed E-state index contributed by atoms with van der Waals surface area (Å²) in [4.78, 5) is 19.3. The molecule has 1 aromatic carbocycles. The van der Waals surface area contributed by atoms with Crippen LogP contribution in [0.15, 0.2) is 34.6 Å². The molecule has 0 atom stereocenters. The van der Waals surface area contributed by atoms with Gasteiger partial charge in [0.05, 0.1) is 11.6 Å². The molecule has 2 aromatic rings. The number of carbonyl (C=O) groups excluding carboxylic acids is 1. The Morgan fingerprint density at radius 1 is 1.22 bits per heavy atom. The number of thiazole rings is 1. The monoisotopic (exact) mass is 403 g/mol. The van der Waals surface area contributed by atoms with E-state index in [-0.39, 0.29) is 18.9 Å². The molecule has 0 unspecified atom stereocenters. The number of hydrogen-bond donors (Lipinski definition) is 3. The van der Waals surface area contributed by atoms with Crippen LogP contribution in [0.25, 0.3) is 0 Å². The first-order chi connectivity index (χ1) is 12.8. The molecule has 0 saturated carbocycles. The van der Waals surface area contributed by atoms with E-state index in [1.165, 1.54) is 31.3 Å². The average molecular weight is 403 g/mol. The summed E-state index contributed by atoms with van der Waals surface area (Å²) < 4.78 is 50.3. The van der Waals surface area contributed by atoms with E-state index in [9.17, 15) is 22.4 Å². The van der Waals surface area contributed by atoms with Crippen molar-refractivity contribution in [3.8, 4) is 0 Å². The fourth-order valence-electron chi connectivity index (χ4n) is 1.97. The standard InChI is InChI=1S/C16H17F4N5OS/c1-21-15(22-7-6-14-25-12(9-27-14)16(18,19)20)23-8-13(26)24-11-4-2-10(17)3-5-11/h2-5,9H,6-8H2,1H3,(H,24,26)(H2,21,22,23). The molecule has 27 heavy (non-hydrogen) atoms. The molecule has 2 rings (SSSR count). The number of benzene rings is 1. The topological polar surface area (TPSA) is 78.4 Å². The van der Waals surface area contributed by atoms with Crippen molar-refractivity contribution < 1.29 is 22.4 Å². The summed E-state index contributed by atoms with van der Waals surface area (Å²) in [5, 5.41) is 9.56. The van der Waals surface area contributed by atoms with Crippen LogP contribution in [0.5, 0.6) is 0 Å². The first-order valence-corrected chi connectivity index (χ1v) is 8.67. The number of aliphatic imine (C=N–C) groups is 1. The first kappa shape index (κ1) is 20.6. The van der Waals surface area contributed by atoms with Crippen molar-refractivity contribution >= 4 is 28.9 Å². The molecule has 0 aliphatic rings. The van der Waals surface area contributed by atoms with Crippen LogP contribution >= 0.6 is 11.3 Å². The van der Waals surface area contributed by atoms with Crippen molar-refractivity contribution in [1.82, 2.24) is 15.6 Å². The van der Waals surface area contributed by atoms with Crippen LogP contribution in [0.2, 0.25) is 0 Å². The Bertz CT molecular complexity index is 789. The second kappa shape index (κ2) is 9.31. The van der Waals surface area contributed by atoms with E-state index in [4.69, 9.17) is 0 Å². The van der Waals surface area contributed by atoms with Crippen molar-refractivity contribution in [3.63, 3.8) is 0 Å². The highest BCUT2D eigenvalue weighted by Crippen LogP contribution is 2.29. The van der Waals surface area contributed by atoms with E-state index < -0.39 is 17.7 Å². The van der Waals surface area contributed by atoms with Gasteiger partial charge in [0, 0.05) is 31.1 Å². The molecule has 0 saturated heterocycles. The third-order valence-electron chi connectivity index (χ3n) is 3.24. The number of halogens is 4. The van der Waals surface area contributed by atoms with Gasteiger partial charge in [-0.15, -0.1) is 11.3 Å². The second-order valence-electron chi connectivity index (χ2n) is 5.28. The quantitative estimate of drug-likeness (QED) is 0.394. The SMILES string of the molecule is CN=C(NCCc1nc(C(F)(F)F)cs1)NCC(=O)Nc1ccc(F)cc1. The Balaban J connectivity index is 1.73. The van der Waals surface area contributed by atoms with E-state index in [1.807, 2.05) is 0 Å². The third-order valence-corrected chi connectivity index (χ3v) is 4.15. The van der Waals surface area contributed by atoms with E-state index >= 15 is 0 Å². The summed E-state index contributed by atoms with van der Waals surface area (Å²) in [6.07, 6.45) is -4.17. The lowest BCUT2D eigenvalue weighted by Gasteiger charge is -2.11. The van der Waals surface area contributed by atoms with Crippen LogP contribution in [0.4, 0.5) is 23.2 Å². The summed E-state index contributed by atoms with van der Waals surface area (Å²) >= 11 is 0.934. The largest absolute Gasteiger partial charge is 0.434 e. The van der Waals surface area contributed by atoms with Crippen molar-refractivity contribution in [2.24, 2.45) is 4.99 Å². The average Bonchev–Trinajstić information content (AvgIpc) is 3.09. The predicted molar refractivity (Wildman–Crippen MR) is 95.2 cm³/mol. The van der Waals surface area contributed by atoms with Crippen LogP contribution in [-0.2, 0) is 17.4 Å². The normalized spacial score (nSPS) is 12.0. The van der Waals surface area contributed by atoms with Gasteiger partial charge in [-0.05, 0) is 24.3 Å². The minimum absolute atomic E-state index is 0.0908. The number of rotatable bonds is 6. The highest BCUT2D eigenvalue weighted by Gasteiger charge is 2.33. The zero-order valence-electron chi connectivity index (χ0n) is 14.2. The number of anilines is 1. The molecule has 3 N–H and O–H groups in total. The van der Waals surface area contributed by atoms with Crippen molar-refractivity contribution in [3.05, 3.63) is 46.2 Å². The van der Waals surface area contributed by atoms with Gasteiger partial charge < -0.3 is 16.0 Å². The number of carbonyl (C=O) groups is 1. The number of hydrogen-bond acceptors (Lipinski definition) is 4. The van der Waals surface area contributed by atoms with Gasteiger partial charge in [0.2, 0.25) is 5.91 Å². The summed E-state index contributed by atoms with van der Waals surface area (Å²) in [6, 6.07) is 5.33. The van der Waals surface area contributed by atoms with E-state index in [0.29, 0.717) is 23.2 Å². The smallest absolute Gasteiger partial charge is 0.356 e. The molecule has 1 heterocycles. The molecule has 0 aliphatic heterocycles. The van der Waals surface area contributed by atoms with E-state index in [0.717, 1.165) is 16.7 Å². The number of amides is 1. The summed E-state index contributed by atoms with van der Waals surface area (Å²) in [5.41, 5.74) is -0.446. The molecule has 146 valence electrons. The zero-order valence-corrected chi connectivity index (χ0v) is 15.0. The number of alkyl halides is 3. The molecular weight excluding hydrogens is 386 g/mol. The van der Waals surface area contributed by atoms with E-state index in [2.05, 4.69) is 25.9 Å². The first-order valence-electron chi connectivity index (χ1n) is 7.79. The lowest BCUT2D eigenvalue weighted by atomic mass is 10.3. The van der Waals surface area contributed by atoms with Crippen LogP contribution in [0.1, 0.15) is 10.7 Å². The molecule has 1 amide bonds. The number of nitrogens with one attached hydrogen (secondary N) is 3. The second-order valence-corrected chi connectivity index (χ2v) is 6.22. The Morgan fingerprint density at radius 3 is 2.52 bits per heavy atom. The highest BCUT2D eigenvalue weighted by atomic mass is 32.1. The zero-order chi connectivity index (χ0) is 19.9. The summed E-state index contributed by atoms with van der Waals surface area (Å²) in [5.74, 6) is -0.450. The molecule has 11 heteroatoms. The molecule has 0 spiro atoms. The van der Waals surface area contributed by atoms with Crippen molar-refractivity contribution in [2.75, 3.05) is 25.5 Å². The minimum Gasteiger partial charge on any atom is -0.356 e. The maximum atomic E-state index is 12.8. The maximum Gasteiger partial charge on any atom is 0.434 e. The minimum atomic E-state index is -4.45. The van der Waals surface area contributed by atoms with Gasteiger partial charge in [0.15, 0.2) is 11.7 Å². The fraction of sp³-hybridized carbons (Fsp3) is 0.312. The molecule has 0 bridgehead atoms. The number of nitrogens with zero attached hydrogens (tertiary/aromatic N) is 2. The molecular formula is C16H17F4N5OS. The van der Waals surface area contributed by atoms with Gasteiger partial charge >= 0.3 is 6.18 Å². The van der Waals surface area contributed by atoms with Crippen LogP contribution in [0, 0.1) is 5.82 Å². The van der Waals surface area contributed by atoms with Crippen molar-refractivity contribution in [2.45, 2.75) is 12.6 Å². The van der Waals surface area contributed by atoms with E-state index in [1.54, 1.807) is 0 Å². The number of aromatic nitrogens is 1. The summed E-state index contributed by atoms with van der Waals surface area (Å²) in [6.45, 7) is 0.205. The Kier molecular flexibility index (Phi) is 7.11. The number of guanidine groups is 1. The van der Waals surface area contributed by atoms with Gasteiger partial charge in [-0.25, -0.2) is 9.37 Å². The maximum absolute atomic E-state index is 12.8. The molecule has 6 nitrogen and oxygen atoms in total. The van der Waals surface area contributed by atoms with Gasteiger partial charge in [-0.2, -0.15) is 13.2 Å². The van der Waals surface area contributed by atoms with Gasteiger partial charge in [0.1, 0.15) is 5.82 Å². The molecule has 0 aliphatic carbocycles. The molecule has 0 fully saturated rings. The van der Waals surface area contributed by atoms with Crippen LogP contribution in [0.3, 0.4) is 0 Å². The molecule has 0 radical (unpaired) electrons. The van der Waals surface area contributed by atoms with Crippen LogP contribution in [-0.4, -0.2) is 37.0 Å². The lowest BCUT2D eigenvalue weighted by molar-refractivity contribution is -0.140. The third kappa shape index (κ3) is 6.85. The van der Waals surface area contributed by atoms with Gasteiger partial charge in [0.25, 0.3) is 0 Å².